The summed E-state index contributed by atoms with van der Waals surface area (Å²) in [4.78, 5) is 10.9. The minimum Gasteiger partial charge on any atom is -0.478 e. The van der Waals surface area contributed by atoms with Crippen LogP contribution in [0.3, 0.4) is 0 Å². The molecule has 4 heteroatoms. The first-order chi connectivity index (χ1) is 8.08. The van der Waals surface area contributed by atoms with E-state index in [0.29, 0.717) is 12.3 Å². The topological polar surface area (TPSA) is 62.5 Å². The van der Waals surface area contributed by atoms with Crippen LogP contribution in [-0.4, -0.2) is 16.6 Å². The number of carboxylic acids is 1. The lowest BCUT2D eigenvalue weighted by Crippen LogP contribution is -2.43. The van der Waals surface area contributed by atoms with Gasteiger partial charge in [-0.05, 0) is 25.3 Å². The Morgan fingerprint density at radius 1 is 1.35 bits per heavy atom. The first kappa shape index (κ1) is 13.8. The van der Waals surface area contributed by atoms with E-state index < -0.39 is 5.97 Å². The Morgan fingerprint density at radius 2 is 1.94 bits per heavy atom. The average molecular weight is 239 g/mol. The fourth-order valence-electron chi connectivity index (χ4n) is 2.06. The van der Waals surface area contributed by atoms with Gasteiger partial charge in [-0.2, -0.15) is 0 Å². The Labute approximate surface area is 102 Å². The minimum atomic E-state index is -0.939. The summed E-state index contributed by atoms with van der Waals surface area (Å²) in [7, 11) is 0. The summed E-state index contributed by atoms with van der Waals surface area (Å²) in [5, 5.41) is 12.4. The lowest BCUT2D eigenvalue weighted by Gasteiger charge is -2.31. The van der Waals surface area contributed by atoms with Crippen LogP contribution in [0.2, 0.25) is 0 Å². The summed E-state index contributed by atoms with van der Waals surface area (Å²) in [5.41, 5.74) is 0.317. The molecule has 0 aromatic carbocycles. The summed E-state index contributed by atoms with van der Waals surface area (Å²) in [5.74, 6) is -0.442. The molecule has 0 bridgehead atoms. The van der Waals surface area contributed by atoms with Crippen molar-refractivity contribution >= 4 is 5.97 Å². The molecule has 0 saturated carbocycles. The maximum absolute atomic E-state index is 10.9. The molecule has 0 radical (unpaired) electrons. The number of hydrogen-bond donors (Lipinski definition) is 2. The van der Waals surface area contributed by atoms with Gasteiger partial charge in [0.1, 0.15) is 11.3 Å². The number of rotatable bonds is 7. The van der Waals surface area contributed by atoms with Crippen LogP contribution in [0.5, 0.6) is 0 Å². The molecule has 0 amide bonds. The summed E-state index contributed by atoms with van der Waals surface area (Å²) < 4.78 is 5.21. The predicted molar refractivity (Wildman–Crippen MR) is 66.1 cm³/mol. The van der Waals surface area contributed by atoms with Crippen molar-refractivity contribution in [2.24, 2.45) is 0 Å². The van der Waals surface area contributed by atoms with E-state index in [0.717, 1.165) is 19.3 Å². The van der Waals surface area contributed by atoms with Crippen molar-refractivity contribution in [1.82, 2.24) is 5.32 Å². The summed E-state index contributed by atoms with van der Waals surface area (Å²) in [6.07, 6.45) is 4.47. The second-order valence-corrected chi connectivity index (χ2v) is 4.26. The first-order valence-electron chi connectivity index (χ1n) is 6.13. The molecule has 0 spiro atoms. The molecule has 1 rings (SSSR count). The van der Waals surface area contributed by atoms with Crippen LogP contribution in [0.4, 0.5) is 0 Å². The number of nitrogens with one attached hydrogen (secondary N) is 1. The molecular formula is C13H21NO3. The number of carboxylic acid groups (broad SMARTS) is 1. The van der Waals surface area contributed by atoms with Crippen LogP contribution in [0.25, 0.3) is 0 Å². The molecule has 0 atom stereocenters. The fourth-order valence-corrected chi connectivity index (χ4v) is 2.06. The van der Waals surface area contributed by atoms with Crippen LogP contribution in [0, 0.1) is 0 Å². The SMILES string of the molecule is CCC(CC)(CC)NCc1occc1C(=O)O. The van der Waals surface area contributed by atoms with E-state index in [-0.39, 0.29) is 11.1 Å². The van der Waals surface area contributed by atoms with Crippen LogP contribution >= 0.6 is 0 Å². The Kier molecular flexibility index (Phi) is 4.75. The lowest BCUT2D eigenvalue weighted by atomic mass is 9.90. The zero-order chi connectivity index (χ0) is 12.9. The number of aromatic carboxylic acids is 1. The fraction of sp³-hybridized carbons (Fsp3) is 0.615. The Bertz CT molecular complexity index is 358. The van der Waals surface area contributed by atoms with Crippen LogP contribution in [0.1, 0.15) is 56.2 Å². The first-order valence-corrected chi connectivity index (χ1v) is 6.13. The second-order valence-electron chi connectivity index (χ2n) is 4.26. The smallest absolute Gasteiger partial charge is 0.339 e. The molecular weight excluding hydrogens is 218 g/mol. The number of hydrogen-bond acceptors (Lipinski definition) is 3. The molecule has 1 aromatic heterocycles. The average Bonchev–Trinajstić information content (AvgIpc) is 2.80. The Morgan fingerprint density at radius 3 is 2.41 bits per heavy atom. The highest BCUT2D eigenvalue weighted by atomic mass is 16.4. The van der Waals surface area contributed by atoms with Crippen molar-refractivity contribution in [3.63, 3.8) is 0 Å². The molecule has 96 valence electrons. The van der Waals surface area contributed by atoms with Gasteiger partial charge in [-0.1, -0.05) is 20.8 Å². The van der Waals surface area contributed by atoms with Crippen molar-refractivity contribution in [3.8, 4) is 0 Å². The van der Waals surface area contributed by atoms with Gasteiger partial charge >= 0.3 is 5.97 Å². The third-order valence-corrected chi connectivity index (χ3v) is 3.63. The summed E-state index contributed by atoms with van der Waals surface area (Å²) >= 11 is 0. The highest BCUT2D eigenvalue weighted by molar-refractivity contribution is 5.88. The molecule has 0 unspecified atom stereocenters. The maximum Gasteiger partial charge on any atom is 0.339 e. The largest absolute Gasteiger partial charge is 0.478 e. The van der Waals surface area contributed by atoms with E-state index in [2.05, 4.69) is 26.1 Å². The van der Waals surface area contributed by atoms with E-state index in [4.69, 9.17) is 9.52 Å². The highest BCUT2D eigenvalue weighted by Gasteiger charge is 2.24. The molecule has 0 aliphatic rings. The van der Waals surface area contributed by atoms with Gasteiger partial charge < -0.3 is 14.8 Å². The number of furan rings is 1. The third-order valence-electron chi connectivity index (χ3n) is 3.63. The molecule has 0 aliphatic carbocycles. The molecule has 2 N–H and O–H groups in total. The van der Waals surface area contributed by atoms with Crippen LogP contribution in [0.15, 0.2) is 16.7 Å². The van der Waals surface area contributed by atoms with Crippen LogP contribution in [-0.2, 0) is 6.54 Å². The molecule has 17 heavy (non-hydrogen) atoms. The van der Waals surface area contributed by atoms with Crippen LogP contribution < -0.4 is 5.32 Å². The van der Waals surface area contributed by atoms with Crippen molar-refractivity contribution in [2.75, 3.05) is 0 Å². The van der Waals surface area contributed by atoms with E-state index in [1.807, 2.05) is 0 Å². The predicted octanol–water partition coefficient (Wildman–Crippen LogP) is 3.04. The van der Waals surface area contributed by atoms with Crippen molar-refractivity contribution in [3.05, 3.63) is 23.7 Å². The molecule has 1 aromatic rings. The zero-order valence-corrected chi connectivity index (χ0v) is 10.7. The molecule has 0 saturated heterocycles. The minimum absolute atomic E-state index is 0.0720. The van der Waals surface area contributed by atoms with E-state index in [1.54, 1.807) is 0 Å². The van der Waals surface area contributed by atoms with E-state index in [1.165, 1.54) is 12.3 Å². The molecule has 0 aliphatic heterocycles. The number of carbonyl (C=O) groups is 1. The monoisotopic (exact) mass is 239 g/mol. The van der Waals surface area contributed by atoms with Gasteiger partial charge in [0.25, 0.3) is 0 Å². The Hall–Kier alpha value is -1.29. The van der Waals surface area contributed by atoms with Gasteiger partial charge in [-0.3, -0.25) is 0 Å². The highest BCUT2D eigenvalue weighted by Crippen LogP contribution is 2.21. The third kappa shape index (κ3) is 3.09. The zero-order valence-electron chi connectivity index (χ0n) is 10.7. The summed E-state index contributed by atoms with van der Waals surface area (Å²) in [6.45, 7) is 6.88. The van der Waals surface area contributed by atoms with E-state index in [9.17, 15) is 4.79 Å². The quantitative estimate of drug-likeness (QED) is 0.767. The van der Waals surface area contributed by atoms with Gasteiger partial charge in [0.05, 0.1) is 12.8 Å². The van der Waals surface area contributed by atoms with E-state index >= 15 is 0 Å². The van der Waals surface area contributed by atoms with Gasteiger partial charge in [-0.15, -0.1) is 0 Å². The molecule has 4 nitrogen and oxygen atoms in total. The van der Waals surface area contributed by atoms with Crippen molar-refractivity contribution < 1.29 is 14.3 Å². The Balaban J connectivity index is 2.72. The lowest BCUT2D eigenvalue weighted by molar-refractivity contribution is 0.0693. The normalized spacial score (nSPS) is 11.7. The maximum atomic E-state index is 10.9. The van der Waals surface area contributed by atoms with Gasteiger partial charge in [0, 0.05) is 5.54 Å². The summed E-state index contributed by atoms with van der Waals surface area (Å²) in [6, 6.07) is 1.49. The van der Waals surface area contributed by atoms with Gasteiger partial charge in [0.2, 0.25) is 0 Å². The molecule has 1 heterocycles. The van der Waals surface area contributed by atoms with Gasteiger partial charge in [0.15, 0.2) is 0 Å². The van der Waals surface area contributed by atoms with Crippen molar-refractivity contribution in [2.45, 2.75) is 52.1 Å². The van der Waals surface area contributed by atoms with Crippen molar-refractivity contribution in [1.29, 1.82) is 0 Å². The standard InChI is InChI=1S/C13H21NO3/c1-4-13(5-2,6-3)14-9-11-10(12(15)16)7-8-17-11/h7-8,14H,4-6,9H2,1-3H3,(H,15,16). The second kappa shape index (κ2) is 5.87. The van der Waals surface area contributed by atoms with Gasteiger partial charge in [-0.25, -0.2) is 4.79 Å². The molecule has 0 fully saturated rings.